The fourth-order valence-corrected chi connectivity index (χ4v) is 1.84. The van der Waals surface area contributed by atoms with Crippen LogP contribution >= 0.6 is 11.6 Å². The molecule has 0 fully saturated rings. The van der Waals surface area contributed by atoms with Crippen molar-refractivity contribution in [2.45, 2.75) is 32.7 Å². The number of rotatable bonds is 3. The van der Waals surface area contributed by atoms with Crippen molar-refractivity contribution in [1.82, 2.24) is 15.5 Å². The number of amides is 2. The Bertz CT molecular complexity index is 613. The third kappa shape index (κ3) is 4.49. The second kappa shape index (κ2) is 6.18. The lowest BCUT2D eigenvalue weighted by Crippen LogP contribution is -2.28. The number of aromatic amines is 1. The first-order chi connectivity index (χ1) is 9.84. The molecule has 0 bridgehead atoms. The first-order valence-corrected chi connectivity index (χ1v) is 7.07. The van der Waals surface area contributed by atoms with Crippen molar-refractivity contribution in [1.29, 1.82) is 0 Å². The van der Waals surface area contributed by atoms with Gasteiger partial charge in [-0.2, -0.15) is 5.10 Å². The quantitative estimate of drug-likeness (QED) is 0.809. The maximum absolute atomic E-state index is 11.8. The molecule has 112 valence electrons. The van der Waals surface area contributed by atoms with Crippen molar-refractivity contribution in [3.05, 3.63) is 46.6 Å². The van der Waals surface area contributed by atoms with Gasteiger partial charge in [-0.15, -0.1) is 0 Å². The van der Waals surface area contributed by atoms with E-state index in [-0.39, 0.29) is 11.4 Å². The summed E-state index contributed by atoms with van der Waals surface area (Å²) in [4.78, 5) is 11.8. The molecule has 1 aromatic heterocycles. The maximum Gasteiger partial charge on any atom is 0.320 e. The van der Waals surface area contributed by atoms with Crippen molar-refractivity contribution in [3.63, 3.8) is 0 Å². The molecule has 0 aliphatic rings. The van der Waals surface area contributed by atoms with Gasteiger partial charge < -0.3 is 5.32 Å². The SMILES string of the molecule is CC(C)(C)c1cc(NC(=O)NCc2ccc(Cl)cc2)n[nH]1. The van der Waals surface area contributed by atoms with E-state index >= 15 is 0 Å². The van der Waals surface area contributed by atoms with Gasteiger partial charge in [0.25, 0.3) is 0 Å². The van der Waals surface area contributed by atoms with Crippen LogP contribution in [0.25, 0.3) is 0 Å². The Kier molecular flexibility index (Phi) is 4.53. The number of nitrogens with zero attached hydrogens (tertiary/aromatic N) is 1. The van der Waals surface area contributed by atoms with Crippen LogP contribution in [0, 0.1) is 0 Å². The normalized spacial score (nSPS) is 11.2. The van der Waals surface area contributed by atoms with Crippen molar-refractivity contribution >= 4 is 23.4 Å². The highest BCUT2D eigenvalue weighted by molar-refractivity contribution is 6.30. The summed E-state index contributed by atoms with van der Waals surface area (Å²) in [5, 5.41) is 13.1. The number of nitrogens with one attached hydrogen (secondary N) is 3. The molecule has 0 radical (unpaired) electrons. The molecule has 21 heavy (non-hydrogen) atoms. The summed E-state index contributed by atoms with van der Waals surface area (Å²) < 4.78 is 0. The molecule has 0 atom stereocenters. The van der Waals surface area contributed by atoms with Gasteiger partial charge in [0.15, 0.2) is 5.82 Å². The predicted molar refractivity (Wildman–Crippen MR) is 84.6 cm³/mol. The topological polar surface area (TPSA) is 69.8 Å². The Morgan fingerprint density at radius 2 is 1.95 bits per heavy atom. The van der Waals surface area contributed by atoms with Gasteiger partial charge in [-0.3, -0.25) is 10.4 Å². The van der Waals surface area contributed by atoms with E-state index in [1.807, 2.05) is 18.2 Å². The summed E-state index contributed by atoms with van der Waals surface area (Å²) >= 11 is 5.81. The van der Waals surface area contributed by atoms with Crippen LogP contribution in [0.3, 0.4) is 0 Å². The molecule has 2 aromatic rings. The summed E-state index contributed by atoms with van der Waals surface area (Å²) in [7, 11) is 0. The van der Waals surface area contributed by atoms with Gasteiger partial charge in [0.05, 0.1) is 0 Å². The van der Waals surface area contributed by atoms with Gasteiger partial charge in [0.1, 0.15) is 0 Å². The van der Waals surface area contributed by atoms with Crippen LogP contribution in [0.1, 0.15) is 32.0 Å². The van der Waals surface area contributed by atoms with Gasteiger partial charge in [0.2, 0.25) is 0 Å². The number of aromatic nitrogens is 2. The Balaban J connectivity index is 1.87. The van der Waals surface area contributed by atoms with Gasteiger partial charge in [-0.1, -0.05) is 44.5 Å². The Labute approximate surface area is 129 Å². The number of hydrogen-bond donors (Lipinski definition) is 3. The molecule has 1 heterocycles. The van der Waals surface area contributed by atoms with Crippen LogP contribution < -0.4 is 10.6 Å². The molecule has 0 spiro atoms. The summed E-state index contributed by atoms with van der Waals surface area (Å²) in [6.45, 7) is 6.65. The molecule has 6 heteroatoms. The monoisotopic (exact) mass is 306 g/mol. The highest BCUT2D eigenvalue weighted by Crippen LogP contribution is 2.21. The zero-order valence-electron chi connectivity index (χ0n) is 12.3. The molecule has 1 aromatic carbocycles. The van der Waals surface area contributed by atoms with Crippen LogP contribution in [0.4, 0.5) is 10.6 Å². The molecule has 2 amide bonds. The van der Waals surface area contributed by atoms with Crippen molar-refractivity contribution in [2.75, 3.05) is 5.32 Å². The number of halogens is 1. The van der Waals surface area contributed by atoms with E-state index in [0.717, 1.165) is 11.3 Å². The molecule has 5 nitrogen and oxygen atoms in total. The lowest BCUT2D eigenvalue weighted by molar-refractivity contribution is 0.251. The summed E-state index contributed by atoms with van der Waals surface area (Å²) in [6.07, 6.45) is 0. The van der Waals surface area contributed by atoms with Gasteiger partial charge in [-0.25, -0.2) is 4.79 Å². The molecular formula is C15H19ClN4O. The Hall–Kier alpha value is -2.01. The van der Waals surface area contributed by atoms with Gasteiger partial charge in [0, 0.05) is 28.7 Å². The minimum Gasteiger partial charge on any atom is -0.334 e. The fraction of sp³-hybridized carbons (Fsp3) is 0.333. The van der Waals surface area contributed by atoms with Crippen LogP contribution in [0.15, 0.2) is 30.3 Å². The molecule has 0 aliphatic carbocycles. The van der Waals surface area contributed by atoms with E-state index in [0.29, 0.717) is 17.4 Å². The predicted octanol–water partition coefficient (Wildman–Crippen LogP) is 3.68. The van der Waals surface area contributed by atoms with E-state index in [9.17, 15) is 4.79 Å². The third-order valence-electron chi connectivity index (χ3n) is 2.99. The average Bonchev–Trinajstić information content (AvgIpc) is 2.86. The molecular weight excluding hydrogens is 288 g/mol. The van der Waals surface area contributed by atoms with Crippen molar-refractivity contribution in [2.24, 2.45) is 0 Å². The highest BCUT2D eigenvalue weighted by atomic mass is 35.5. The molecule has 2 rings (SSSR count). The van der Waals surface area contributed by atoms with Crippen molar-refractivity contribution < 1.29 is 4.79 Å². The van der Waals surface area contributed by atoms with E-state index in [4.69, 9.17) is 11.6 Å². The number of H-pyrrole nitrogens is 1. The minimum absolute atomic E-state index is 0.0350. The number of carbonyl (C=O) groups excluding carboxylic acids is 1. The zero-order valence-corrected chi connectivity index (χ0v) is 13.1. The van der Waals surface area contributed by atoms with Gasteiger partial charge in [-0.05, 0) is 17.7 Å². The van der Waals surface area contributed by atoms with Crippen LogP contribution in [0.2, 0.25) is 5.02 Å². The van der Waals surface area contributed by atoms with E-state index in [1.54, 1.807) is 12.1 Å². The Morgan fingerprint density at radius 1 is 1.29 bits per heavy atom. The van der Waals surface area contributed by atoms with E-state index < -0.39 is 0 Å². The summed E-state index contributed by atoms with van der Waals surface area (Å²) in [5.41, 5.74) is 1.91. The van der Waals surface area contributed by atoms with Gasteiger partial charge >= 0.3 is 6.03 Å². The maximum atomic E-state index is 11.8. The summed E-state index contributed by atoms with van der Waals surface area (Å²) in [5.74, 6) is 0.508. The standard InChI is InChI=1S/C15H19ClN4O/c1-15(2,3)12-8-13(20-19-12)18-14(21)17-9-10-4-6-11(16)7-5-10/h4-8H,9H2,1-3H3,(H3,17,18,19,20,21). The van der Waals surface area contributed by atoms with E-state index in [1.165, 1.54) is 0 Å². The number of urea groups is 1. The molecule has 3 N–H and O–H groups in total. The molecule has 0 saturated carbocycles. The molecule has 0 saturated heterocycles. The molecule has 0 aliphatic heterocycles. The van der Waals surface area contributed by atoms with Crippen LogP contribution in [-0.2, 0) is 12.0 Å². The average molecular weight is 307 g/mol. The summed E-state index contributed by atoms with van der Waals surface area (Å²) in [6, 6.07) is 8.86. The lowest BCUT2D eigenvalue weighted by Gasteiger charge is -2.14. The minimum atomic E-state index is -0.295. The largest absolute Gasteiger partial charge is 0.334 e. The smallest absolute Gasteiger partial charge is 0.320 e. The fourth-order valence-electron chi connectivity index (χ4n) is 1.72. The van der Waals surface area contributed by atoms with Crippen LogP contribution in [-0.4, -0.2) is 16.2 Å². The number of anilines is 1. The lowest BCUT2D eigenvalue weighted by atomic mass is 9.92. The highest BCUT2D eigenvalue weighted by Gasteiger charge is 2.17. The first kappa shape index (κ1) is 15.4. The zero-order chi connectivity index (χ0) is 15.5. The first-order valence-electron chi connectivity index (χ1n) is 6.70. The number of benzene rings is 1. The second-order valence-electron chi connectivity index (χ2n) is 5.85. The Morgan fingerprint density at radius 3 is 2.52 bits per heavy atom. The van der Waals surface area contributed by atoms with Crippen molar-refractivity contribution in [3.8, 4) is 0 Å². The number of hydrogen-bond acceptors (Lipinski definition) is 2. The van der Waals surface area contributed by atoms with Crippen LogP contribution in [0.5, 0.6) is 0 Å². The third-order valence-corrected chi connectivity index (χ3v) is 3.25. The second-order valence-corrected chi connectivity index (χ2v) is 6.29. The molecule has 0 unspecified atom stereocenters. The van der Waals surface area contributed by atoms with E-state index in [2.05, 4.69) is 41.6 Å². The number of carbonyl (C=O) groups is 1.